The number of hydrogen-bond donors (Lipinski definition) is 0. The minimum absolute atomic E-state index is 0.369. The molecule has 0 N–H and O–H groups in total. The summed E-state index contributed by atoms with van der Waals surface area (Å²) in [5, 5.41) is 8.32. The first-order valence-electron chi connectivity index (χ1n) is 7.76. The van der Waals surface area contributed by atoms with Crippen LogP contribution in [0, 0.1) is 0 Å². The Morgan fingerprint density at radius 2 is 2.30 bits per heavy atom. The van der Waals surface area contributed by atoms with Gasteiger partial charge >= 0.3 is 0 Å². The second kappa shape index (κ2) is 5.92. The second-order valence-corrected chi connectivity index (χ2v) is 5.80. The fourth-order valence-electron chi connectivity index (χ4n) is 3.10. The van der Waals surface area contributed by atoms with Crippen LogP contribution in [0.5, 0.6) is 0 Å². The number of nitrogens with zero attached hydrogens (tertiary/aromatic N) is 6. The zero-order valence-electron chi connectivity index (χ0n) is 13.0. The maximum Gasteiger partial charge on any atom is 0.241 e. The highest BCUT2D eigenvalue weighted by molar-refractivity contribution is 5.46. The molecule has 0 bridgehead atoms. The summed E-state index contributed by atoms with van der Waals surface area (Å²) >= 11 is 0. The first-order chi connectivity index (χ1) is 11.3. The molecule has 1 atom stereocenters. The van der Waals surface area contributed by atoms with Crippen molar-refractivity contribution >= 4 is 0 Å². The molecule has 0 spiro atoms. The van der Waals surface area contributed by atoms with Crippen LogP contribution >= 0.6 is 0 Å². The van der Waals surface area contributed by atoms with Crippen LogP contribution in [-0.2, 0) is 13.6 Å². The van der Waals surface area contributed by atoms with Gasteiger partial charge in [0.05, 0.1) is 12.7 Å². The van der Waals surface area contributed by atoms with Crippen LogP contribution in [0.4, 0.5) is 0 Å². The van der Waals surface area contributed by atoms with Gasteiger partial charge in [0.15, 0.2) is 0 Å². The Hall–Kier alpha value is -2.54. The van der Waals surface area contributed by atoms with Gasteiger partial charge < -0.3 is 4.52 Å². The van der Waals surface area contributed by atoms with Crippen LogP contribution in [0.2, 0.25) is 0 Å². The van der Waals surface area contributed by atoms with Crippen molar-refractivity contribution in [2.75, 3.05) is 6.54 Å². The van der Waals surface area contributed by atoms with Gasteiger partial charge in [-0.2, -0.15) is 10.1 Å². The molecule has 4 heterocycles. The average Bonchev–Trinajstić information content (AvgIpc) is 3.29. The molecule has 1 fully saturated rings. The van der Waals surface area contributed by atoms with E-state index in [-0.39, 0.29) is 0 Å². The van der Waals surface area contributed by atoms with E-state index in [9.17, 15) is 0 Å². The van der Waals surface area contributed by atoms with Gasteiger partial charge in [0.2, 0.25) is 11.7 Å². The van der Waals surface area contributed by atoms with Gasteiger partial charge in [0, 0.05) is 31.0 Å². The summed E-state index contributed by atoms with van der Waals surface area (Å²) in [6.45, 7) is 1.68. The fraction of sp³-hybridized carbons (Fsp3) is 0.375. The molecule has 118 valence electrons. The van der Waals surface area contributed by atoms with E-state index in [1.807, 2.05) is 36.1 Å². The molecule has 7 nitrogen and oxygen atoms in total. The monoisotopic (exact) mass is 310 g/mol. The number of pyridine rings is 1. The SMILES string of the molecule is Cn1cc([C@@H]2CCCN2Cc2nc(-c3ccccn3)no2)cn1. The molecular weight excluding hydrogens is 292 g/mol. The summed E-state index contributed by atoms with van der Waals surface area (Å²) in [5.41, 5.74) is 1.97. The van der Waals surface area contributed by atoms with Crippen molar-refractivity contribution in [2.45, 2.75) is 25.4 Å². The summed E-state index contributed by atoms with van der Waals surface area (Å²) in [5.74, 6) is 1.17. The van der Waals surface area contributed by atoms with Crippen molar-refractivity contribution in [1.29, 1.82) is 0 Å². The van der Waals surface area contributed by atoms with Crippen LogP contribution in [0.1, 0.15) is 30.3 Å². The minimum atomic E-state index is 0.369. The Morgan fingerprint density at radius 1 is 1.35 bits per heavy atom. The molecule has 4 rings (SSSR count). The number of aryl methyl sites for hydroxylation is 1. The first-order valence-corrected chi connectivity index (χ1v) is 7.76. The molecule has 3 aromatic rings. The summed E-state index contributed by atoms with van der Waals surface area (Å²) in [7, 11) is 1.94. The number of hydrogen-bond acceptors (Lipinski definition) is 6. The Balaban J connectivity index is 1.50. The van der Waals surface area contributed by atoms with E-state index in [2.05, 4.69) is 31.3 Å². The molecule has 1 aliphatic rings. The average molecular weight is 310 g/mol. The summed E-state index contributed by atoms with van der Waals surface area (Å²) < 4.78 is 7.25. The quantitative estimate of drug-likeness (QED) is 0.735. The van der Waals surface area contributed by atoms with Crippen LogP contribution in [0.15, 0.2) is 41.3 Å². The lowest BCUT2D eigenvalue weighted by molar-refractivity contribution is 0.212. The van der Waals surface area contributed by atoms with Crippen LogP contribution in [-0.4, -0.2) is 36.3 Å². The van der Waals surface area contributed by atoms with E-state index >= 15 is 0 Å². The third kappa shape index (κ3) is 2.87. The summed E-state index contributed by atoms with van der Waals surface area (Å²) in [6, 6.07) is 6.03. The highest BCUT2D eigenvalue weighted by Gasteiger charge is 2.28. The Morgan fingerprint density at radius 3 is 3.09 bits per heavy atom. The third-order valence-corrected chi connectivity index (χ3v) is 4.17. The molecule has 0 saturated carbocycles. The van der Waals surface area contributed by atoms with Crippen LogP contribution in [0.25, 0.3) is 11.5 Å². The molecule has 0 unspecified atom stereocenters. The van der Waals surface area contributed by atoms with Gasteiger partial charge in [-0.25, -0.2) is 0 Å². The highest BCUT2D eigenvalue weighted by Crippen LogP contribution is 2.32. The molecular formula is C16H18N6O. The molecule has 1 saturated heterocycles. The van der Waals surface area contributed by atoms with E-state index in [4.69, 9.17) is 4.52 Å². The van der Waals surface area contributed by atoms with Gasteiger partial charge in [-0.05, 0) is 31.5 Å². The van der Waals surface area contributed by atoms with E-state index in [1.165, 1.54) is 12.0 Å². The Kier molecular flexibility index (Phi) is 3.63. The summed E-state index contributed by atoms with van der Waals surface area (Å²) in [6.07, 6.45) is 8.05. The van der Waals surface area contributed by atoms with Crippen molar-refractivity contribution in [3.63, 3.8) is 0 Å². The number of rotatable bonds is 4. The molecule has 0 aromatic carbocycles. The molecule has 7 heteroatoms. The lowest BCUT2D eigenvalue weighted by atomic mass is 10.1. The molecule has 0 aliphatic carbocycles. The van der Waals surface area contributed by atoms with Gasteiger partial charge in [0.1, 0.15) is 5.69 Å². The van der Waals surface area contributed by atoms with Gasteiger partial charge in [0.25, 0.3) is 0 Å². The lowest BCUT2D eigenvalue weighted by Crippen LogP contribution is -2.22. The zero-order valence-corrected chi connectivity index (χ0v) is 13.0. The molecule has 0 amide bonds. The maximum atomic E-state index is 5.41. The minimum Gasteiger partial charge on any atom is -0.337 e. The van der Waals surface area contributed by atoms with E-state index < -0.39 is 0 Å². The lowest BCUT2D eigenvalue weighted by Gasteiger charge is -2.21. The maximum absolute atomic E-state index is 5.41. The highest BCUT2D eigenvalue weighted by atomic mass is 16.5. The smallest absolute Gasteiger partial charge is 0.241 e. The molecule has 1 aliphatic heterocycles. The Bertz CT molecular complexity index is 781. The molecule has 0 radical (unpaired) electrons. The predicted octanol–water partition coefficient (Wildman–Crippen LogP) is 2.20. The van der Waals surface area contributed by atoms with E-state index in [1.54, 1.807) is 6.20 Å². The Labute approximate surface area is 134 Å². The van der Waals surface area contributed by atoms with Crippen molar-refractivity contribution in [1.82, 2.24) is 29.8 Å². The van der Waals surface area contributed by atoms with Crippen molar-refractivity contribution in [3.05, 3.63) is 48.2 Å². The normalized spacial score (nSPS) is 18.6. The zero-order chi connectivity index (χ0) is 15.6. The van der Waals surface area contributed by atoms with Crippen molar-refractivity contribution in [3.8, 4) is 11.5 Å². The first kappa shape index (κ1) is 14.1. The van der Waals surface area contributed by atoms with Gasteiger partial charge in [-0.1, -0.05) is 11.2 Å². The van der Waals surface area contributed by atoms with Gasteiger partial charge in [-0.15, -0.1) is 0 Å². The molecule has 3 aromatic heterocycles. The largest absolute Gasteiger partial charge is 0.337 e. The predicted molar refractivity (Wildman–Crippen MR) is 83.1 cm³/mol. The van der Waals surface area contributed by atoms with Crippen molar-refractivity contribution in [2.24, 2.45) is 7.05 Å². The van der Waals surface area contributed by atoms with E-state index in [0.717, 1.165) is 18.7 Å². The third-order valence-electron chi connectivity index (χ3n) is 4.17. The second-order valence-electron chi connectivity index (χ2n) is 5.80. The van der Waals surface area contributed by atoms with E-state index in [0.29, 0.717) is 24.3 Å². The summed E-state index contributed by atoms with van der Waals surface area (Å²) in [4.78, 5) is 11.1. The standard InChI is InChI=1S/C16H18N6O/c1-21-10-12(9-18-21)14-6-4-8-22(14)11-15-19-16(20-23-15)13-5-2-3-7-17-13/h2-3,5,7,9-10,14H,4,6,8,11H2,1H3/t14-/m0/s1. The van der Waals surface area contributed by atoms with Crippen LogP contribution in [0.3, 0.4) is 0 Å². The van der Waals surface area contributed by atoms with Gasteiger partial charge in [-0.3, -0.25) is 14.6 Å². The fourth-order valence-corrected chi connectivity index (χ4v) is 3.10. The molecule has 23 heavy (non-hydrogen) atoms. The number of likely N-dealkylation sites (tertiary alicyclic amines) is 1. The number of aromatic nitrogens is 5. The van der Waals surface area contributed by atoms with Crippen molar-refractivity contribution < 1.29 is 4.52 Å². The van der Waals surface area contributed by atoms with Crippen LogP contribution < -0.4 is 0 Å². The topological polar surface area (TPSA) is 72.9 Å².